The van der Waals surface area contributed by atoms with Gasteiger partial charge in [-0.3, -0.25) is 9.89 Å². The molecule has 0 aliphatic carbocycles. The van der Waals surface area contributed by atoms with Gasteiger partial charge in [0.1, 0.15) is 6.10 Å². The lowest BCUT2D eigenvalue weighted by Crippen LogP contribution is -2.44. The highest BCUT2D eigenvalue weighted by atomic mass is 16.5. The van der Waals surface area contributed by atoms with Gasteiger partial charge in [-0.1, -0.05) is 30.3 Å². The summed E-state index contributed by atoms with van der Waals surface area (Å²) in [7, 11) is 0. The van der Waals surface area contributed by atoms with Crippen molar-refractivity contribution in [3.8, 4) is 11.3 Å². The smallest absolute Gasteiger partial charge is 0.252 e. The van der Waals surface area contributed by atoms with Gasteiger partial charge in [0.15, 0.2) is 0 Å². The second-order valence-corrected chi connectivity index (χ2v) is 6.56. The Kier molecular flexibility index (Phi) is 5.30. The highest BCUT2D eigenvalue weighted by Crippen LogP contribution is 2.20. The first kappa shape index (κ1) is 16.7. The molecule has 0 unspecified atom stereocenters. The van der Waals surface area contributed by atoms with E-state index in [9.17, 15) is 4.79 Å². The van der Waals surface area contributed by atoms with Crippen molar-refractivity contribution in [2.45, 2.75) is 51.8 Å². The molecule has 3 rings (SSSR count). The van der Waals surface area contributed by atoms with Crippen LogP contribution in [0.4, 0.5) is 0 Å². The van der Waals surface area contributed by atoms with Gasteiger partial charge in [0, 0.05) is 18.2 Å². The largest absolute Gasteiger partial charge is 0.368 e. The zero-order valence-electron chi connectivity index (χ0n) is 14.4. The molecule has 0 spiro atoms. The lowest BCUT2D eigenvalue weighted by atomic mass is 10.1. The number of H-pyrrole nitrogens is 1. The minimum Gasteiger partial charge on any atom is -0.368 e. The number of aromatic nitrogens is 2. The summed E-state index contributed by atoms with van der Waals surface area (Å²) in [5.74, 6) is 0.0839. The minimum absolute atomic E-state index is 0.0839. The molecule has 1 aliphatic heterocycles. The number of amides is 1. The van der Waals surface area contributed by atoms with E-state index in [-0.39, 0.29) is 18.1 Å². The first-order chi connectivity index (χ1) is 11.6. The fourth-order valence-corrected chi connectivity index (χ4v) is 3.02. The third kappa shape index (κ3) is 3.85. The SMILES string of the molecule is CC(C)N(Cc1cc(-c2ccccc2)n[nH]1)C(=O)[C@@H]1CCCCO1. The molecular weight excluding hydrogens is 302 g/mol. The molecule has 1 aliphatic rings. The fraction of sp³-hybridized carbons (Fsp3) is 0.474. The highest BCUT2D eigenvalue weighted by Gasteiger charge is 2.28. The molecular formula is C19H25N3O2. The number of ether oxygens (including phenoxy) is 1. The van der Waals surface area contributed by atoms with Gasteiger partial charge < -0.3 is 9.64 Å². The maximum Gasteiger partial charge on any atom is 0.252 e. The van der Waals surface area contributed by atoms with Crippen molar-refractivity contribution in [1.29, 1.82) is 0 Å². The monoisotopic (exact) mass is 327 g/mol. The number of nitrogens with zero attached hydrogens (tertiary/aromatic N) is 2. The van der Waals surface area contributed by atoms with E-state index in [0.29, 0.717) is 13.2 Å². The quantitative estimate of drug-likeness (QED) is 0.916. The van der Waals surface area contributed by atoms with Gasteiger partial charge in [-0.05, 0) is 39.2 Å². The summed E-state index contributed by atoms with van der Waals surface area (Å²) in [4.78, 5) is 14.7. The van der Waals surface area contributed by atoms with Crippen LogP contribution in [0, 0.1) is 0 Å². The van der Waals surface area contributed by atoms with E-state index in [1.165, 1.54) is 0 Å². The maximum absolute atomic E-state index is 12.8. The van der Waals surface area contributed by atoms with Crippen LogP contribution in [0.1, 0.15) is 38.8 Å². The standard InChI is InChI=1S/C19H25N3O2/c1-14(2)22(19(23)18-10-6-7-11-24-18)13-16-12-17(21-20-16)15-8-4-3-5-9-15/h3-5,8-9,12,14,18H,6-7,10-11,13H2,1-2H3,(H,20,21)/t18-/m0/s1. The van der Waals surface area contributed by atoms with Gasteiger partial charge in [-0.2, -0.15) is 5.10 Å². The van der Waals surface area contributed by atoms with E-state index >= 15 is 0 Å². The van der Waals surface area contributed by atoms with Crippen molar-refractivity contribution < 1.29 is 9.53 Å². The van der Waals surface area contributed by atoms with Crippen molar-refractivity contribution in [3.05, 3.63) is 42.1 Å². The van der Waals surface area contributed by atoms with Crippen LogP contribution in [0.2, 0.25) is 0 Å². The lowest BCUT2D eigenvalue weighted by Gasteiger charge is -2.31. The van der Waals surface area contributed by atoms with E-state index in [2.05, 4.69) is 10.2 Å². The number of hydrogen-bond donors (Lipinski definition) is 1. The number of rotatable bonds is 5. The summed E-state index contributed by atoms with van der Waals surface area (Å²) in [6.45, 7) is 5.28. The average Bonchev–Trinajstić information content (AvgIpc) is 3.09. The fourth-order valence-electron chi connectivity index (χ4n) is 3.02. The molecule has 0 radical (unpaired) electrons. The Labute approximate surface area is 143 Å². The van der Waals surface area contributed by atoms with Crippen LogP contribution in [0.5, 0.6) is 0 Å². The third-order valence-electron chi connectivity index (χ3n) is 4.40. The number of carbonyl (C=O) groups is 1. The molecule has 1 N–H and O–H groups in total. The summed E-state index contributed by atoms with van der Waals surface area (Å²) >= 11 is 0. The van der Waals surface area contributed by atoms with Crippen LogP contribution in [-0.2, 0) is 16.1 Å². The average molecular weight is 327 g/mol. The molecule has 1 atom stereocenters. The number of hydrogen-bond acceptors (Lipinski definition) is 3. The summed E-state index contributed by atoms with van der Waals surface area (Å²) in [5.41, 5.74) is 2.90. The molecule has 128 valence electrons. The first-order valence-corrected chi connectivity index (χ1v) is 8.67. The Morgan fingerprint density at radius 3 is 2.79 bits per heavy atom. The van der Waals surface area contributed by atoms with Gasteiger partial charge in [-0.15, -0.1) is 0 Å². The van der Waals surface area contributed by atoms with Crippen LogP contribution in [0.25, 0.3) is 11.3 Å². The van der Waals surface area contributed by atoms with Crippen LogP contribution >= 0.6 is 0 Å². The first-order valence-electron chi connectivity index (χ1n) is 8.67. The Bertz CT molecular complexity index is 660. The molecule has 1 saturated heterocycles. The molecule has 2 heterocycles. The zero-order valence-corrected chi connectivity index (χ0v) is 14.4. The number of nitrogens with one attached hydrogen (secondary N) is 1. The van der Waals surface area contributed by atoms with Crippen molar-refractivity contribution in [2.24, 2.45) is 0 Å². The minimum atomic E-state index is -0.294. The van der Waals surface area contributed by atoms with E-state index in [1.54, 1.807) is 0 Å². The second-order valence-electron chi connectivity index (χ2n) is 6.56. The third-order valence-corrected chi connectivity index (χ3v) is 4.40. The van der Waals surface area contributed by atoms with E-state index < -0.39 is 0 Å². The summed E-state index contributed by atoms with van der Waals surface area (Å²) < 4.78 is 5.67. The molecule has 2 aromatic rings. The topological polar surface area (TPSA) is 58.2 Å². The molecule has 5 heteroatoms. The number of benzene rings is 1. The van der Waals surface area contributed by atoms with Crippen LogP contribution in [-0.4, -0.2) is 39.8 Å². The summed E-state index contributed by atoms with van der Waals surface area (Å²) in [6, 6.07) is 12.2. The number of carbonyl (C=O) groups excluding carboxylic acids is 1. The van der Waals surface area contributed by atoms with E-state index in [0.717, 1.165) is 36.2 Å². The normalized spacial score (nSPS) is 17.9. The molecule has 1 amide bonds. The molecule has 0 saturated carbocycles. The van der Waals surface area contributed by atoms with Gasteiger partial charge in [0.25, 0.3) is 5.91 Å². The summed E-state index contributed by atoms with van der Waals surface area (Å²) in [6.07, 6.45) is 2.63. The van der Waals surface area contributed by atoms with Crippen molar-refractivity contribution >= 4 is 5.91 Å². The van der Waals surface area contributed by atoms with Gasteiger partial charge in [-0.25, -0.2) is 0 Å². The van der Waals surface area contributed by atoms with Crippen molar-refractivity contribution in [3.63, 3.8) is 0 Å². The maximum atomic E-state index is 12.8. The predicted octanol–water partition coefficient (Wildman–Crippen LogP) is 3.38. The zero-order chi connectivity index (χ0) is 16.9. The molecule has 1 aromatic carbocycles. The predicted molar refractivity (Wildman–Crippen MR) is 93.3 cm³/mol. The second kappa shape index (κ2) is 7.62. The van der Waals surface area contributed by atoms with Crippen molar-refractivity contribution in [1.82, 2.24) is 15.1 Å². The highest BCUT2D eigenvalue weighted by molar-refractivity contribution is 5.81. The van der Waals surface area contributed by atoms with Gasteiger partial charge in [0.05, 0.1) is 17.9 Å². The van der Waals surface area contributed by atoms with Gasteiger partial charge >= 0.3 is 0 Å². The van der Waals surface area contributed by atoms with Crippen LogP contribution in [0.15, 0.2) is 36.4 Å². The Hall–Kier alpha value is -2.14. The molecule has 24 heavy (non-hydrogen) atoms. The van der Waals surface area contributed by atoms with Crippen LogP contribution < -0.4 is 0 Å². The molecule has 5 nitrogen and oxygen atoms in total. The van der Waals surface area contributed by atoms with E-state index in [1.807, 2.05) is 55.1 Å². The van der Waals surface area contributed by atoms with Crippen molar-refractivity contribution in [2.75, 3.05) is 6.61 Å². The number of aromatic amines is 1. The lowest BCUT2D eigenvalue weighted by molar-refractivity contribution is -0.149. The Morgan fingerprint density at radius 1 is 1.33 bits per heavy atom. The molecule has 1 aromatic heterocycles. The molecule has 0 bridgehead atoms. The Morgan fingerprint density at radius 2 is 2.12 bits per heavy atom. The van der Waals surface area contributed by atoms with Gasteiger partial charge in [0.2, 0.25) is 0 Å². The van der Waals surface area contributed by atoms with E-state index in [4.69, 9.17) is 4.74 Å². The molecule has 1 fully saturated rings. The van der Waals surface area contributed by atoms with Crippen LogP contribution in [0.3, 0.4) is 0 Å². The Balaban J connectivity index is 1.72. The summed E-state index contributed by atoms with van der Waals surface area (Å²) in [5, 5.41) is 7.44.